The summed E-state index contributed by atoms with van der Waals surface area (Å²) in [4.78, 5) is 184. The van der Waals surface area contributed by atoms with E-state index >= 15 is 0 Å². The Hall–Kier alpha value is -8.26. The highest BCUT2D eigenvalue weighted by Crippen LogP contribution is 2.76. The van der Waals surface area contributed by atoms with E-state index in [2.05, 4.69) is 128 Å². The SMILES string of the molecule is C=C1CC2C3C=C(C)C4=CC(=O)CC[C@]4(C)C3CC[C@]2(C)[C@@]1(OC(C)=O)C(C)=O.CC(=O)O[C@]1(C(C)=O)CCC2C3C=C(C)C4=CC(=O)C=C[C@]4(C)C3CC[C@@]21C.CC(=O)O[C@]1(C(C)=O)CCC2C3C=C(Cl)C4=CC(=O)CC[C@]4(C)C3CC[C@@]21C.CC(=O)O[C@]1(C(C)=O)CCC2C3CC(C)C4=CC(=O)CC[C@]4(C)C3CC[C@@]21C.CC(=O)O[C@]1(C(C)=O)CCC2C3C[C@H](C)C4=CC(=O)CC[C@]4(C)C3CC[C@@]21C. The normalized spacial score (nSPS) is 45.4. The van der Waals surface area contributed by atoms with Gasteiger partial charge in [-0.3, -0.25) is 71.9 Å². The summed E-state index contributed by atoms with van der Waals surface area (Å²) < 4.78 is 29.1. The number of carbonyl (C=O) groups is 15. The van der Waals surface area contributed by atoms with Crippen molar-refractivity contribution in [1.82, 2.24) is 0 Å². The molecule has 0 bridgehead atoms. The van der Waals surface area contributed by atoms with Gasteiger partial charge in [0.1, 0.15) is 0 Å². The van der Waals surface area contributed by atoms with Crippen molar-refractivity contribution in [2.24, 2.45) is 155 Å². The Labute approximate surface area is 841 Å². The van der Waals surface area contributed by atoms with Crippen LogP contribution in [0.3, 0.4) is 0 Å². The molecule has 0 saturated heterocycles. The number of hydrogen-bond donors (Lipinski definition) is 0. The largest absolute Gasteiger partial charge is 0.451 e. The summed E-state index contributed by atoms with van der Waals surface area (Å²) in [6, 6.07) is 0. The van der Waals surface area contributed by atoms with Crippen molar-refractivity contribution in [2.45, 2.75) is 380 Å². The third-order valence-corrected chi connectivity index (χ3v) is 44.7. The van der Waals surface area contributed by atoms with E-state index in [1.807, 2.05) is 18.2 Å². The molecule has 0 N–H and O–H groups in total. The molecule has 0 heterocycles. The summed E-state index contributed by atoms with van der Waals surface area (Å²) in [5.74, 6) is 5.47. The second-order valence-electron chi connectivity index (χ2n) is 50.5. The number of hydrogen-bond acceptors (Lipinski definition) is 20. The van der Waals surface area contributed by atoms with Gasteiger partial charge in [-0.05, 0) is 390 Å². The highest BCUT2D eigenvalue weighted by molar-refractivity contribution is 6.32. The fourth-order valence-corrected chi connectivity index (χ4v) is 38.3. The van der Waals surface area contributed by atoms with E-state index in [9.17, 15) is 71.9 Å². The average molecular weight is 1960 g/mol. The van der Waals surface area contributed by atoms with Crippen LogP contribution in [-0.2, 0) is 95.6 Å². The lowest BCUT2D eigenvalue weighted by atomic mass is 9.44. The maximum atomic E-state index is 12.9. The van der Waals surface area contributed by atoms with Gasteiger partial charge in [0.15, 0.2) is 85.8 Å². The standard InChI is InChI=1S/C25H32O4.2C24H34O4.C24H30O4.C23H29ClO4/c1-14-11-19-20(23(5)9-7-18(28)13-21(14)23)8-10-24(6)22(19)12-15(2)25(24,16(3)26)29-17(4)27;3*1-14-12-18-19(22(4)9-6-17(27)13-21(14)22)7-10-23(5)20(18)8-11-24(23,15(2)25)28-16(3)26;1-13(25)23(28-14(2)26)10-7-18-16-12-20(24)19-11-15(27)5-8-21(19,3)17(16)6-9-22(18,23)4/h11,13,19-20,22H,2,7-10,12H2,1,3-6H3;2*13-14,18-20H,6-12H2,1-5H3;6,9,12-13,18-20H,7-8,10-11H2,1-5H3;11-12,16-18H,5-10H2,1-4H3/t19?,20?,22?,23-,24+,25+;14?,18?,19?,20?,22-,23+,24+;14-,18?,19?,20?,22+,23-,24-;18?,19?,20?,22-,23+,24+;16?,17?,18?,21-,22+,23+/m11011/s1. The van der Waals surface area contributed by atoms with E-state index in [-0.39, 0.29) is 160 Å². The first-order valence-electron chi connectivity index (χ1n) is 53.6. The van der Waals surface area contributed by atoms with E-state index in [1.54, 1.807) is 45.9 Å². The van der Waals surface area contributed by atoms with Crippen LogP contribution >= 0.6 is 11.6 Å². The Morgan fingerprint density at radius 2 is 0.645 bits per heavy atom. The summed E-state index contributed by atoms with van der Waals surface area (Å²) in [6.45, 7) is 50.2. The van der Waals surface area contributed by atoms with Crippen LogP contribution in [0.1, 0.15) is 352 Å². The average Bonchev–Trinajstić information content (AvgIpc) is 1.56. The van der Waals surface area contributed by atoms with Crippen molar-refractivity contribution in [3.8, 4) is 0 Å². The van der Waals surface area contributed by atoms with E-state index in [1.165, 1.54) is 69.4 Å². The predicted molar refractivity (Wildman–Crippen MR) is 537 cm³/mol. The molecule has 20 aliphatic rings. The summed E-state index contributed by atoms with van der Waals surface area (Å²) in [7, 11) is 0. The molecular formula is C120H159ClO20. The fraction of sp³-hybridized carbons (Fsp3) is 0.708. The molecule has 12 saturated carbocycles. The Balaban J connectivity index is 0.000000127. The number of ether oxygens (including phenoxy) is 5. The first-order valence-corrected chi connectivity index (χ1v) is 54.0. The van der Waals surface area contributed by atoms with Gasteiger partial charge in [-0.25, -0.2) is 0 Å². The van der Waals surface area contributed by atoms with Crippen molar-refractivity contribution in [3.63, 3.8) is 0 Å². The topological polar surface area (TPSA) is 302 Å². The number of rotatable bonds is 10. The van der Waals surface area contributed by atoms with Crippen molar-refractivity contribution < 1.29 is 95.6 Å². The minimum Gasteiger partial charge on any atom is -0.451 e. The fourth-order valence-electron chi connectivity index (χ4n) is 37.8. The van der Waals surface area contributed by atoms with Crippen LogP contribution in [0.5, 0.6) is 0 Å². The van der Waals surface area contributed by atoms with Crippen LogP contribution in [0, 0.1) is 155 Å². The molecule has 12 fully saturated rings. The van der Waals surface area contributed by atoms with Crippen molar-refractivity contribution in [2.75, 3.05) is 0 Å². The molecular weight excluding hydrogens is 1800 g/mol. The summed E-state index contributed by atoms with van der Waals surface area (Å²) in [5.41, 5.74) is 2.13. The third-order valence-electron chi connectivity index (χ3n) is 44.4. The molecule has 0 radical (unpaired) electrons. The number of allylic oxidation sites excluding steroid dienone is 16. The molecule has 32 atom stereocenters. The number of halogens is 1. The Morgan fingerprint density at radius 3 is 1.03 bits per heavy atom. The van der Waals surface area contributed by atoms with Crippen LogP contribution < -0.4 is 0 Å². The molecule has 141 heavy (non-hydrogen) atoms. The minimum absolute atomic E-state index is 0.00469. The molecule has 20 nitrogen and oxygen atoms in total. The quantitative estimate of drug-likeness (QED) is 0.111. The van der Waals surface area contributed by atoms with Gasteiger partial charge in [0.25, 0.3) is 0 Å². The molecule has 20 aliphatic carbocycles. The lowest BCUT2D eigenvalue weighted by molar-refractivity contribution is -0.187. The van der Waals surface area contributed by atoms with Crippen molar-refractivity contribution in [1.29, 1.82) is 0 Å². The second kappa shape index (κ2) is 36.4. The zero-order valence-electron chi connectivity index (χ0n) is 88.8. The molecule has 0 spiro atoms. The maximum Gasteiger partial charge on any atom is 0.303 e. The summed E-state index contributed by atoms with van der Waals surface area (Å²) in [6.07, 6.45) is 44.2. The monoisotopic (exact) mass is 1960 g/mol. The Bertz CT molecular complexity index is 5550. The van der Waals surface area contributed by atoms with Crippen molar-refractivity contribution in [3.05, 3.63) is 117 Å². The molecule has 766 valence electrons. The highest BCUT2D eigenvalue weighted by atomic mass is 35.5. The molecule has 0 aromatic carbocycles. The number of Topliss-reactive ketones (excluding diaryl/α,β-unsaturated/α-hetero) is 5. The van der Waals surface area contributed by atoms with Gasteiger partial charge in [0, 0.05) is 97.8 Å². The Morgan fingerprint density at radius 1 is 0.333 bits per heavy atom. The lowest BCUT2D eigenvalue weighted by Gasteiger charge is -2.60. The molecule has 0 aromatic rings. The van der Waals surface area contributed by atoms with Crippen molar-refractivity contribution >= 4 is 99.3 Å². The van der Waals surface area contributed by atoms with Crippen LogP contribution in [0.2, 0.25) is 0 Å². The zero-order valence-corrected chi connectivity index (χ0v) is 89.6. The molecule has 21 heteroatoms. The van der Waals surface area contributed by atoms with Gasteiger partial charge in [-0.1, -0.05) is 148 Å². The van der Waals surface area contributed by atoms with E-state index < -0.39 is 39.4 Å². The second-order valence-corrected chi connectivity index (χ2v) is 50.9. The first kappa shape index (κ1) is 106. The summed E-state index contributed by atoms with van der Waals surface area (Å²) >= 11 is 6.71. The maximum absolute atomic E-state index is 12.9. The molecule has 20 rings (SSSR count). The van der Waals surface area contributed by atoms with E-state index in [0.717, 1.165) is 145 Å². The number of fused-ring (bicyclic) bond motifs is 25. The van der Waals surface area contributed by atoms with Gasteiger partial charge in [0.05, 0.1) is 0 Å². The molecule has 0 amide bonds. The zero-order chi connectivity index (χ0) is 103. The third kappa shape index (κ3) is 15.7. The first-order chi connectivity index (χ1) is 65.7. The van der Waals surface area contributed by atoms with E-state index in [0.29, 0.717) is 134 Å². The number of esters is 5. The minimum atomic E-state index is -1.23. The highest BCUT2D eigenvalue weighted by Gasteiger charge is 2.75. The van der Waals surface area contributed by atoms with Gasteiger partial charge < -0.3 is 23.7 Å². The number of ketones is 10. The van der Waals surface area contributed by atoms with E-state index in [4.69, 9.17) is 35.3 Å². The van der Waals surface area contributed by atoms with Crippen LogP contribution in [0.15, 0.2) is 117 Å². The van der Waals surface area contributed by atoms with Gasteiger partial charge in [0.2, 0.25) is 0 Å². The predicted octanol–water partition coefficient (Wildman–Crippen LogP) is 23.2. The van der Waals surface area contributed by atoms with Crippen LogP contribution in [0.25, 0.3) is 0 Å². The number of carbonyl (C=O) groups excluding carboxylic acids is 15. The smallest absolute Gasteiger partial charge is 0.303 e. The van der Waals surface area contributed by atoms with Crippen LogP contribution in [0.4, 0.5) is 0 Å². The summed E-state index contributed by atoms with van der Waals surface area (Å²) in [5, 5.41) is 0.689. The van der Waals surface area contributed by atoms with Gasteiger partial charge >= 0.3 is 29.8 Å². The molecule has 0 aromatic heterocycles. The lowest BCUT2D eigenvalue weighted by Crippen LogP contribution is -2.59. The van der Waals surface area contributed by atoms with Crippen LogP contribution in [-0.4, -0.2) is 116 Å². The van der Waals surface area contributed by atoms with Gasteiger partial charge in [-0.15, -0.1) is 0 Å². The van der Waals surface area contributed by atoms with Gasteiger partial charge in [-0.2, -0.15) is 0 Å². The molecule has 0 aliphatic heterocycles. The Kier molecular flexibility index (Phi) is 27.2. The molecule has 16 unspecified atom stereocenters.